The molecule has 2 N–H and O–H groups in total. The molecule has 3 nitrogen and oxygen atoms in total. The van der Waals surface area contributed by atoms with Crippen LogP contribution in [0.4, 0.5) is 4.39 Å². The first kappa shape index (κ1) is 13.5. The first-order valence-electron chi connectivity index (χ1n) is 6.11. The Kier molecular flexibility index (Phi) is 3.26. The zero-order valence-electron chi connectivity index (χ0n) is 11.3. The van der Waals surface area contributed by atoms with Crippen molar-refractivity contribution in [3.05, 3.63) is 29.6 Å². The zero-order valence-corrected chi connectivity index (χ0v) is 11.3. The molecule has 1 aromatic carbocycles. The molecule has 0 saturated carbocycles. The van der Waals surface area contributed by atoms with Crippen LogP contribution in [-0.2, 0) is 15.9 Å². The van der Waals surface area contributed by atoms with Crippen molar-refractivity contribution >= 4 is 12.6 Å². The second kappa shape index (κ2) is 4.33. The maximum absolute atomic E-state index is 14.0. The Morgan fingerprint density at radius 1 is 1.17 bits per heavy atom. The summed E-state index contributed by atoms with van der Waals surface area (Å²) >= 11 is 0. The van der Waals surface area contributed by atoms with Crippen molar-refractivity contribution in [3.63, 3.8) is 0 Å². The van der Waals surface area contributed by atoms with Gasteiger partial charge in [0.25, 0.3) is 0 Å². The first-order valence-corrected chi connectivity index (χ1v) is 6.11. The molecule has 0 aliphatic carbocycles. The highest BCUT2D eigenvalue weighted by Crippen LogP contribution is 2.36. The summed E-state index contributed by atoms with van der Waals surface area (Å²) in [6.45, 7) is 8.02. The van der Waals surface area contributed by atoms with Gasteiger partial charge in [-0.25, -0.2) is 4.39 Å². The Morgan fingerprint density at radius 3 is 2.22 bits per heavy atom. The molecule has 1 aliphatic rings. The van der Waals surface area contributed by atoms with Crippen LogP contribution in [-0.4, -0.2) is 18.3 Å². The Hall–Kier alpha value is -0.905. The normalized spacial score (nSPS) is 21.3. The molecule has 0 bridgehead atoms. The Morgan fingerprint density at radius 2 is 1.72 bits per heavy atom. The van der Waals surface area contributed by atoms with E-state index in [1.165, 1.54) is 6.07 Å². The number of nitrogens with two attached hydrogens (primary N) is 1. The largest absolute Gasteiger partial charge is 0.498 e. The van der Waals surface area contributed by atoms with Crippen molar-refractivity contribution in [1.82, 2.24) is 0 Å². The molecule has 0 amide bonds. The van der Waals surface area contributed by atoms with Crippen LogP contribution in [0.5, 0.6) is 0 Å². The number of hydrogen-bond donors (Lipinski definition) is 1. The summed E-state index contributed by atoms with van der Waals surface area (Å²) in [7, 11) is -0.699. The Balaban J connectivity index is 2.41. The summed E-state index contributed by atoms with van der Waals surface area (Å²) in [5.74, 6) is -0.337. The molecule has 0 unspecified atom stereocenters. The van der Waals surface area contributed by atoms with Gasteiger partial charge in [0.1, 0.15) is 5.82 Å². The number of halogens is 1. The molecule has 0 spiro atoms. The van der Waals surface area contributed by atoms with Crippen molar-refractivity contribution < 1.29 is 13.7 Å². The van der Waals surface area contributed by atoms with E-state index in [0.29, 0.717) is 11.0 Å². The molecule has 0 radical (unpaired) electrons. The van der Waals surface area contributed by atoms with Crippen LogP contribution in [0.3, 0.4) is 0 Å². The molecule has 18 heavy (non-hydrogen) atoms. The minimum Gasteiger partial charge on any atom is -0.399 e. The van der Waals surface area contributed by atoms with Gasteiger partial charge in [0, 0.05) is 12.0 Å². The second-order valence-corrected chi connectivity index (χ2v) is 5.61. The SMILES string of the molecule is CC1(C)OB(c2c(F)cccc2CN)OC1(C)C. The van der Waals surface area contributed by atoms with Gasteiger partial charge < -0.3 is 15.0 Å². The van der Waals surface area contributed by atoms with Crippen LogP contribution in [0.25, 0.3) is 0 Å². The van der Waals surface area contributed by atoms with Gasteiger partial charge in [0.2, 0.25) is 0 Å². The van der Waals surface area contributed by atoms with Crippen LogP contribution in [0.15, 0.2) is 18.2 Å². The third-order valence-electron chi connectivity index (χ3n) is 3.85. The molecule has 98 valence electrons. The first-order chi connectivity index (χ1) is 8.28. The van der Waals surface area contributed by atoms with Crippen molar-refractivity contribution in [2.45, 2.75) is 45.4 Å². The van der Waals surface area contributed by atoms with E-state index in [1.807, 2.05) is 27.7 Å². The van der Waals surface area contributed by atoms with Gasteiger partial charge in [-0.3, -0.25) is 0 Å². The topological polar surface area (TPSA) is 44.5 Å². The maximum atomic E-state index is 14.0. The summed E-state index contributed by atoms with van der Waals surface area (Å²) in [5, 5.41) is 0. The van der Waals surface area contributed by atoms with E-state index >= 15 is 0 Å². The molecule has 5 heteroatoms. The lowest BCUT2D eigenvalue weighted by atomic mass is 9.75. The van der Waals surface area contributed by atoms with Gasteiger partial charge in [0.15, 0.2) is 0 Å². The van der Waals surface area contributed by atoms with Gasteiger partial charge in [-0.1, -0.05) is 12.1 Å². The average molecular weight is 251 g/mol. The van der Waals surface area contributed by atoms with Crippen LogP contribution in [0.2, 0.25) is 0 Å². The molecule has 1 fully saturated rings. The highest BCUT2D eigenvalue weighted by molar-refractivity contribution is 6.62. The summed E-state index contributed by atoms with van der Waals surface area (Å²) in [4.78, 5) is 0. The van der Waals surface area contributed by atoms with Crippen LogP contribution >= 0.6 is 0 Å². The lowest BCUT2D eigenvalue weighted by molar-refractivity contribution is 0.00578. The van der Waals surface area contributed by atoms with E-state index in [4.69, 9.17) is 15.0 Å². The number of hydrogen-bond acceptors (Lipinski definition) is 3. The van der Waals surface area contributed by atoms with Crippen molar-refractivity contribution in [2.24, 2.45) is 5.73 Å². The minimum atomic E-state index is -0.699. The Labute approximate surface area is 108 Å². The van der Waals surface area contributed by atoms with Crippen molar-refractivity contribution in [1.29, 1.82) is 0 Å². The highest BCUT2D eigenvalue weighted by atomic mass is 19.1. The Bertz CT molecular complexity index is 446. The molecule has 1 aliphatic heterocycles. The summed E-state index contributed by atoms with van der Waals surface area (Å²) in [5.41, 5.74) is 5.82. The third kappa shape index (κ3) is 2.07. The van der Waals surface area contributed by atoms with Gasteiger partial charge in [-0.2, -0.15) is 0 Å². The smallest absolute Gasteiger partial charge is 0.399 e. The number of benzene rings is 1. The van der Waals surface area contributed by atoms with Crippen LogP contribution < -0.4 is 11.2 Å². The van der Waals surface area contributed by atoms with E-state index in [-0.39, 0.29) is 12.4 Å². The number of rotatable bonds is 2. The second-order valence-electron chi connectivity index (χ2n) is 5.61. The maximum Gasteiger partial charge on any atom is 0.498 e. The fourth-order valence-corrected chi connectivity index (χ4v) is 1.98. The van der Waals surface area contributed by atoms with Crippen molar-refractivity contribution in [2.75, 3.05) is 0 Å². The lowest BCUT2D eigenvalue weighted by Gasteiger charge is -2.32. The summed E-state index contributed by atoms with van der Waals surface area (Å²) in [6.07, 6.45) is 0. The molecule has 1 heterocycles. The summed E-state index contributed by atoms with van der Waals surface area (Å²) < 4.78 is 25.7. The molecular weight excluding hydrogens is 232 g/mol. The zero-order chi connectivity index (χ0) is 13.6. The molecular formula is C13H19BFNO2. The van der Waals surface area contributed by atoms with E-state index in [9.17, 15) is 4.39 Å². The van der Waals surface area contributed by atoms with Crippen molar-refractivity contribution in [3.8, 4) is 0 Å². The molecule has 0 atom stereocenters. The monoisotopic (exact) mass is 251 g/mol. The molecule has 0 aromatic heterocycles. The third-order valence-corrected chi connectivity index (χ3v) is 3.85. The fourth-order valence-electron chi connectivity index (χ4n) is 1.98. The minimum absolute atomic E-state index is 0.261. The predicted octanol–water partition coefficient (Wildman–Crippen LogP) is 1.58. The summed E-state index contributed by atoms with van der Waals surface area (Å²) in [6, 6.07) is 4.84. The quantitative estimate of drug-likeness (QED) is 0.811. The van der Waals surface area contributed by atoms with E-state index in [0.717, 1.165) is 0 Å². The van der Waals surface area contributed by atoms with Gasteiger partial charge in [0.05, 0.1) is 11.2 Å². The van der Waals surface area contributed by atoms with E-state index in [1.54, 1.807) is 12.1 Å². The van der Waals surface area contributed by atoms with Gasteiger partial charge in [-0.15, -0.1) is 0 Å². The lowest BCUT2D eigenvalue weighted by Crippen LogP contribution is -2.41. The fraction of sp³-hybridized carbons (Fsp3) is 0.538. The van der Waals surface area contributed by atoms with E-state index < -0.39 is 18.3 Å². The van der Waals surface area contributed by atoms with Crippen LogP contribution in [0, 0.1) is 5.82 Å². The molecule has 2 rings (SSSR count). The van der Waals surface area contributed by atoms with E-state index in [2.05, 4.69) is 0 Å². The standard InChI is InChI=1S/C13H19BFNO2/c1-12(2)13(3,4)18-14(17-12)11-9(8-16)6-5-7-10(11)15/h5-7H,8,16H2,1-4H3. The van der Waals surface area contributed by atoms with Gasteiger partial charge in [-0.05, 0) is 39.3 Å². The molecule has 1 aromatic rings. The van der Waals surface area contributed by atoms with Crippen LogP contribution in [0.1, 0.15) is 33.3 Å². The predicted molar refractivity (Wildman–Crippen MR) is 70.0 cm³/mol. The average Bonchev–Trinajstić information content (AvgIpc) is 2.47. The van der Waals surface area contributed by atoms with Gasteiger partial charge >= 0.3 is 7.12 Å². The highest BCUT2D eigenvalue weighted by Gasteiger charge is 2.52. The molecule has 1 saturated heterocycles.